The smallest absolute Gasteiger partial charge is 0.338 e. The van der Waals surface area contributed by atoms with Gasteiger partial charge < -0.3 is 40.8 Å². The molecular formula is C32H44N4O12. The van der Waals surface area contributed by atoms with Crippen LogP contribution in [-0.4, -0.2) is 81.5 Å². The Labute approximate surface area is 277 Å². The number of carbonyl (C=O) groups excluding carboxylic acids is 2. The van der Waals surface area contributed by atoms with Crippen molar-refractivity contribution in [2.45, 2.75) is 77.3 Å². The van der Waals surface area contributed by atoms with E-state index in [4.69, 9.17) is 29.9 Å². The molecule has 264 valence electrons. The minimum atomic E-state index is -1.05. The number of anilines is 2. The van der Waals surface area contributed by atoms with Crippen molar-refractivity contribution in [3.8, 4) is 0 Å². The van der Waals surface area contributed by atoms with Gasteiger partial charge in [-0.2, -0.15) is 0 Å². The van der Waals surface area contributed by atoms with Crippen molar-refractivity contribution < 1.29 is 58.7 Å². The van der Waals surface area contributed by atoms with Gasteiger partial charge in [0.1, 0.15) is 12.1 Å². The molecule has 0 fully saturated rings. The number of hydrogen-bond acceptors (Lipinski definition) is 12. The predicted molar refractivity (Wildman–Crippen MR) is 173 cm³/mol. The lowest BCUT2D eigenvalue weighted by Crippen LogP contribution is -2.41. The third-order valence-corrected chi connectivity index (χ3v) is 6.45. The zero-order chi connectivity index (χ0) is 35.9. The Hall–Kier alpha value is -5.22. The van der Waals surface area contributed by atoms with E-state index < -0.39 is 47.9 Å². The number of aromatic carboxylic acids is 1. The van der Waals surface area contributed by atoms with E-state index in [2.05, 4.69) is 21.7 Å². The number of carbonyl (C=O) groups is 6. The zero-order valence-corrected chi connectivity index (χ0v) is 26.9. The Morgan fingerprint density at radius 3 is 1.46 bits per heavy atom. The molecule has 16 heteroatoms. The molecule has 8 N–H and O–H groups in total. The quantitative estimate of drug-likeness (QED) is 0.0502. The van der Waals surface area contributed by atoms with Gasteiger partial charge in [-0.3, -0.25) is 19.2 Å². The summed E-state index contributed by atoms with van der Waals surface area (Å²) in [6.07, 6.45) is 2.75. The summed E-state index contributed by atoms with van der Waals surface area (Å²) in [5.41, 5.74) is 12.9. The summed E-state index contributed by atoms with van der Waals surface area (Å²) in [6, 6.07) is 11.0. The molecule has 2 atom stereocenters. The first-order valence-electron chi connectivity index (χ1n) is 15.3. The molecule has 2 aromatic carbocycles. The number of hydrazine groups is 2. The maximum absolute atomic E-state index is 12.0. The molecule has 0 bridgehead atoms. The topological polar surface area (TPSA) is 250 Å². The monoisotopic (exact) mass is 676 g/mol. The number of ether oxygens (including phenoxy) is 2. The Balaban J connectivity index is 0.000000487. The molecule has 2 aromatic rings. The first-order valence-corrected chi connectivity index (χ1v) is 15.3. The van der Waals surface area contributed by atoms with Gasteiger partial charge in [-0.25, -0.2) is 20.4 Å². The van der Waals surface area contributed by atoms with Crippen LogP contribution in [0.5, 0.6) is 0 Å². The zero-order valence-electron chi connectivity index (χ0n) is 26.9. The standard InChI is InChI=1S/C18H26N2O6.C14H18N2O6/c1-3-25-17(23)13-9-11-14(12-10-13)19-20-15(18(24)26-4-2)7-5-6-8-16(21)22;17-12(18)4-2-1-3-11(14(21)22)16-15-10-7-5-9(6-8-10)13(19)20/h9-12,15,19-20H,3-8H2,1-2H3,(H,21,22);5-8,11,15-16H,1-4H2,(H,17,18)(H,19,20)(H,21,22). The molecule has 0 radical (unpaired) electrons. The number of carboxylic acid groups (broad SMARTS) is 4. The van der Waals surface area contributed by atoms with Crippen LogP contribution < -0.4 is 21.7 Å². The molecule has 0 saturated carbocycles. The minimum Gasteiger partial charge on any atom is -0.481 e. The summed E-state index contributed by atoms with van der Waals surface area (Å²) in [6.45, 7) is 4.04. The van der Waals surface area contributed by atoms with Gasteiger partial charge in [0.2, 0.25) is 0 Å². The van der Waals surface area contributed by atoms with Crippen molar-refractivity contribution in [1.29, 1.82) is 0 Å². The third-order valence-electron chi connectivity index (χ3n) is 6.45. The van der Waals surface area contributed by atoms with Gasteiger partial charge in [0.05, 0.1) is 24.3 Å². The van der Waals surface area contributed by atoms with E-state index in [0.29, 0.717) is 55.6 Å². The van der Waals surface area contributed by atoms with E-state index in [0.717, 1.165) is 0 Å². The number of esters is 2. The third kappa shape index (κ3) is 17.5. The number of unbranched alkanes of at least 4 members (excludes halogenated alkanes) is 2. The lowest BCUT2D eigenvalue weighted by molar-refractivity contribution is -0.145. The molecule has 0 amide bonds. The molecular weight excluding hydrogens is 632 g/mol. The summed E-state index contributed by atoms with van der Waals surface area (Å²) < 4.78 is 9.95. The highest BCUT2D eigenvalue weighted by atomic mass is 16.5. The van der Waals surface area contributed by atoms with Gasteiger partial charge in [-0.15, -0.1) is 0 Å². The van der Waals surface area contributed by atoms with Gasteiger partial charge >= 0.3 is 35.8 Å². The highest BCUT2D eigenvalue weighted by molar-refractivity contribution is 5.90. The average molecular weight is 677 g/mol. The summed E-state index contributed by atoms with van der Waals surface area (Å²) in [4.78, 5) is 66.4. The van der Waals surface area contributed by atoms with Gasteiger partial charge in [-0.05, 0) is 88.1 Å². The van der Waals surface area contributed by atoms with E-state index in [1.54, 1.807) is 38.1 Å². The summed E-state index contributed by atoms with van der Waals surface area (Å²) in [5, 5.41) is 35.0. The summed E-state index contributed by atoms with van der Waals surface area (Å²) >= 11 is 0. The van der Waals surface area contributed by atoms with Crippen molar-refractivity contribution in [3.63, 3.8) is 0 Å². The Morgan fingerprint density at radius 2 is 1.04 bits per heavy atom. The minimum absolute atomic E-state index is 0.0103. The molecule has 16 nitrogen and oxygen atoms in total. The maximum Gasteiger partial charge on any atom is 0.338 e. The van der Waals surface area contributed by atoms with Crippen LogP contribution in [0.25, 0.3) is 0 Å². The van der Waals surface area contributed by atoms with Gasteiger partial charge in [0.25, 0.3) is 0 Å². The SMILES string of the molecule is CCOC(=O)c1ccc(NNC(CCCCC(=O)O)C(=O)OCC)cc1.O=C(O)CCCCC(NNc1ccc(C(=O)O)cc1)C(=O)O. The van der Waals surface area contributed by atoms with Crippen LogP contribution in [0.3, 0.4) is 0 Å². The fraction of sp³-hybridized carbons (Fsp3) is 0.438. The molecule has 0 saturated heterocycles. The van der Waals surface area contributed by atoms with E-state index in [9.17, 15) is 28.8 Å². The number of carboxylic acids is 4. The fourth-order valence-corrected chi connectivity index (χ4v) is 3.94. The Morgan fingerprint density at radius 1 is 0.604 bits per heavy atom. The first kappa shape index (κ1) is 40.8. The molecule has 0 aliphatic rings. The predicted octanol–water partition coefficient (Wildman–Crippen LogP) is 3.76. The maximum atomic E-state index is 12.0. The van der Waals surface area contributed by atoms with Gasteiger partial charge in [-0.1, -0.05) is 12.8 Å². The van der Waals surface area contributed by atoms with Gasteiger partial charge in [0.15, 0.2) is 0 Å². The van der Waals surface area contributed by atoms with E-state index in [1.165, 1.54) is 24.3 Å². The highest BCUT2D eigenvalue weighted by Gasteiger charge is 2.19. The normalized spacial score (nSPS) is 11.5. The Kier molecular flexibility index (Phi) is 19.7. The first-order chi connectivity index (χ1) is 22.9. The number of benzene rings is 2. The van der Waals surface area contributed by atoms with Crippen molar-refractivity contribution in [2.75, 3.05) is 24.1 Å². The number of rotatable bonds is 22. The van der Waals surface area contributed by atoms with Crippen LogP contribution in [0, 0.1) is 0 Å². The molecule has 0 spiro atoms. The fourth-order valence-electron chi connectivity index (χ4n) is 3.94. The molecule has 2 unspecified atom stereocenters. The van der Waals surface area contributed by atoms with E-state index in [1.807, 2.05) is 0 Å². The Bertz CT molecular complexity index is 1320. The summed E-state index contributed by atoms with van der Waals surface area (Å²) in [5.74, 6) is -4.65. The molecule has 0 heterocycles. The lowest BCUT2D eigenvalue weighted by Gasteiger charge is -2.18. The number of aliphatic carboxylic acids is 3. The number of hydrogen-bond donors (Lipinski definition) is 8. The molecule has 48 heavy (non-hydrogen) atoms. The average Bonchev–Trinajstić information content (AvgIpc) is 3.04. The lowest BCUT2D eigenvalue weighted by atomic mass is 10.1. The van der Waals surface area contributed by atoms with Crippen LogP contribution in [0.1, 0.15) is 85.9 Å². The van der Waals surface area contributed by atoms with Crippen molar-refractivity contribution in [1.82, 2.24) is 10.9 Å². The van der Waals surface area contributed by atoms with Crippen LogP contribution in [0.15, 0.2) is 48.5 Å². The van der Waals surface area contributed by atoms with E-state index in [-0.39, 0.29) is 31.4 Å². The largest absolute Gasteiger partial charge is 0.481 e. The molecule has 0 aromatic heterocycles. The molecule has 0 aliphatic heterocycles. The van der Waals surface area contributed by atoms with Crippen LogP contribution >= 0.6 is 0 Å². The van der Waals surface area contributed by atoms with Crippen molar-refractivity contribution in [2.24, 2.45) is 0 Å². The van der Waals surface area contributed by atoms with Crippen LogP contribution in [-0.2, 0) is 28.7 Å². The number of nitrogens with one attached hydrogen (secondary N) is 4. The van der Waals surface area contributed by atoms with Crippen LogP contribution in [0.4, 0.5) is 11.4 Å². The van der Waals surface area contributed by atoms with Gasteiger partial charge in [0, 0.05) is 24.2 Å². The molecule has 2 rings (SSSR count). The van der Waals surface area contributed by atoms with Crippen molar-refractivity contribution >= 4 is 47.2 Å². The summed E-state index contributed by atoms with van der Waals surface area (Å²) in [7, 11) is 0. The second-order valence-corrected chi connectivity index (χ2v) is 10.2. The second kappa shape index (κ2) is 23.2. The van der Waals surface area contributed by atoms with Crippen molar-refractivity contribution in [3.05, 3.63) is 59.7 Å². The second-order valence-electron chi connectivity index (χ2n) is 10.2. The van der Waals surface area contributed by atoms with Crippen LogP contribution in [0.2, 0.25) is 0 Å². The van der Waals surface area contributed by atoms with E-state index >= 15 is 0 Å². The highest BCUT2D eigenvalue weighted by Crippen LogP contribution is 2.12. The molecule has 0 aliphatic carbocycles.